The van der Waals surface area contributed by atoms with E-state index < -0.39 is 11.6 Å². The molecular weight excluding hydrogens is 310 g/mol. The number of carbonyl (C=O) groups excluding carboxylic acids is 1. The zero-order chi connectivity index (χ0) is 13.1. The average Bonchev–Trinajstić information content (AvgIpc) is 2.75. The lowest BCUT2D eigenvalue weighted by atomic mass is 10.3. The smallest absolute Gasteiger partial charge is 0.185 e. The number of rotatable bonds is 4. The van der Waals surface area contributed by atoms with Gasteiger partial charge in [-0.25, -0.2) is 8.78 Å². The fourth-order valence-electron chi connectivity index (χ4n) is 1.35. The molecule has 1 aromatic carbocycles. The molecule has 0 unspecified atom stereocenters. The van der Waals surface area contributed by atoms with Gasteiger partial charge in [0.25, 0.3) is 0 Å². The van der Waals surface area contributed by atoms with Gasteiger partial charge in [0.2, 0.25) is 0 Å². The van der Waals surface area contributed by atoms with Gasteiger partial charge in [-0.3, -0.25) is 4.79 Å². The molecule has 0 saturated heterocycles. The van der Waals surface area contributed by atoms with Crippen molar-refractivity contribution in [3.63, 3.8) is 0 Å². The molecule has 18 heavy (non-hydrogen) atoms. The summed E-state index contributed by atoms with van der Waals surface area (Å²) in [6.07, 6.45) is 0.553. The van der Waals surface area contributed by atoms with Crippen LogP contribution < -0.4 is 4.74 Å². The Morgan fingerprint density at radius 2 is 2.11 bits per heavy atom. The van der Waals surface area contributed by atoms with Gasteiger partial charge in [0, 0.05) is 6.07 Å². The molecule has 0 aliphatic rings. The summed E-state index contributed by atoms with van der Waals surface area (Å²) < 4.78 is 36.6. The van der Waals surface area contributed by atoms with E-state index in [1.54, 1.807) is 6.07 Å². The predicted octanol–water partition coefficient (Wildman–Crippen LogP) is 3.71. The first-order valence-electron chi connectivity index (χ1n) is 4.91. The first-order chi connectivity index (χ1) is 8.60. The molecule has 0 spiro atoms. The van der Waals surface area contributed by atoms with E-state index in [9.17, 15) is 13.6 Å². The zero-order valence-electron chi connectivity index (χ0n) is 8.95. The van der Waals surface area contributed by atoms with E-state index in [1.165, 1.54) is 6.07 Å². The minimum absolute atomic E-state index is 0.0605. The summed E-state index contributed by atoms with van der Waals surface area (Å²) in [7, 11) is 0. The van der Waals surface area contributed by atoms with Crippen LogP contribution in [0.25, 0.3) is 0 Å². The fourth-order valence-corrected chi connectivity index (χ4v) is 1.87. The van der Waals surface area contributed by atoms with Gasteiger partial charge in [-0.05, 0) is 34.1 Å². The minimum atomic E-state index is -0.816. The maximum Gasteiger partial charge on any atom is 0.185 e. The lowest BCUT2D eigenvalue weighted by molar-refractivity contribution is 0.109. The molecule has 0 saturated carbocycles. The Balaban J connectivity index is 2.12. The Morgan fingerprint density at radius 3 is 2.72 bits per heavy atom. The third-order valence-electron chi connectivity index (χ3n) is 2.12. The first kappa shape index (κ1) is 12.8. The number of hydrogen-bond donors (Lipinski definition) is 0. The van der Waals surface area contributed by atoms with Crippen molar-refractivity contribution in [3.05, 3.63) is 51.9 Å². The van der Waals surface area contributed by atoms with Crippen molar-refractivity contribution < 1.29 is 22.7 Å². The van der Waals surface area contributed by atoms with Crippen LogP contribution in [0.15, 0.2) is 33.2 Å². The van der Waals surface area contributed by atoms with Crippen molar-refractivity contribution in [2.24, 2.45) is 0 Å². The Morgan fingerprint density at radius 1 is 1.33 bits per heavy atom. The molecule has 0 aliphatic carbocycles. The van der Waals surface area contributed by atoms with Crippen molar-refractivity contribution in [1.82, 2.24) is 0 Å². The topological polar surface area (TPSA) is 39.4 Å². The summed E-state index contributed by atoms with van der Waals surface area (Å²) >= 11 is 3.00. The van der Waals surface area contributed by atoms with Crippen LogP contribution in [0.5, 0.6) is 5.75 Å². The molecule has 1 aromatic heterocycles. The van der Waals surface area contributed by atoms with Crippen LogP contribution in [0, 0.1) is 11.6 Å². The quantitative estimate of drug-likeness (QED) is 0.807. The van der Waals surface area contributed by atoms with E-state index in [-0.39, 0.29) is 22.6 Å². The van der Waals surface area contributed by atoms with E-state index in [4.69, 9.17) is 9.15 Å². The average molecular weight is 317 g/mol. The molecule has 94 valence electrons. The third kappa shape index (κ3) is 2.76. The largest absolute Gasteiger partial charge is 0.481 e. The van der Waals surface area contributed by atoms with Crippen LogP contribution in [0.1, 0.15) is 16.3 Å². The van der Waals surface area contributed by atoms with Gasteiger partial charge in [0.1, 0.15) is 18.2 Å². The highest BCUT2D eigenvalue weighted by Crippen LogP contribution is 2.30. The van der Waals surface area contributed by atoms with E-state index in [0.717, 1.165) is 12.1 Å². The van der Waals surface area contributed by atoms with Gasteiger partial charge in [0.15, 0.2) is 23.6 Å². The Bertz CT molecular complexity index is 557. The summed E-state index contributed by atoms with van der Waals surface area (Å²) in [5.41, 5.74) is 0. The highest BCUT2D eigenvalue weighted by molar-refractivity contribution is 9.10. The fraction of sp³-hybridized carbons (Fsp3) is 0.0833. The van der Waals surface area contributed by atoms with E-state index in [2.05, 4.69) is 15.9 Å². The normalized spacial score (nSPS) is 10.4. The van der Waals surface area contributed by atoms with Crippen molar-refractivity contribution in [1.29, 1.82) is 0 Å². The summed E-state index contributed by atoms with van der Waals surface area (Å²) in [6.45, 7) is -0.0605. The SMILES string of the molecule is O=Cc1ccc(COc2c(F)cc(F)cc2Br)o1. The Kier molecular flexibility index (Phi) is 3.76. The molecule has 2 aromatic rings. The second kappa shape index (κ2) is 5.30. The standard InChI is InChI=1S/C12H7BrF2O3/c13-10-3-7(14)4-11(15)12(10)17-6-9-2-1-8(5-16)18-9/h1-5H,6H2. The van der Waals surface area contributed by atoms with Crippen LogP contribution in [0.2, 0.25) is 0 Å². The molecule has 0 bridgehead atoms. The number of carbonyl (C=O) groups is 1. The number of halogens is 3. The summed E-state index contributed by atoms with van der Waals surface area (Å²) in [5.74, 6) is -1.10. The van der Waals surface area contributed by atoms with Crippen LogP contribution in [0.3, 0.4) is 0 Å². The molecular formula is C12H7BrF2O3. The first-order valence-corrected chi connectivity index (χ1v) is 5.70. The van der Waals surface area contributed by atoms with Crippen molar-refractivity contribution in [2.45, 2.75) is 6.61 Å². The lowest BCUT2D eigenvalue weighted by Crippen LogP contribution is -1.98. The molecule has 0 N–H and O–H groups in total. The number of hydrogen-bond acceptors (Lipinski definition) is 3. The molecule has 0 amide bonds. The predicted molar refractivity (Wildman–Crippen MR) is 62.5 cm³/mol. The second-order valence-electron chi connectivity index (χ2n) is 3.41. The molecule has 3 nitrogen and oxygen atoms in total. The monoisotopic (exact) mass is 316 g/mol. The van der Waals surface area contributed by atoms with Crippen molar-refractivity contribution in [3.8, 4) is 5.75 Å². The molecule has 0 fully saturated rings. The van der Waals surface area contributed by atoms with Crippen molar-refractivity contribution in [2.75, 3.05) is 0 Å². The summed E-state index contributed by atoms with van der Waals surface area (Å²) in [5, 5.41) is 0. The zero-order valence-corrected chi connectivity index (χ0v) is 10.5. The molecule has 0 aliphatic heterocycles. The maximum absolute atomic E-state index is 13.4. The van der Waals surface area contributed by atoms with Crippen LogP contribution >= 0.6 is 15.9 Å². The van der Waals surface area contributed by atoms with Gasteiger partial charge in [-0.2, -0.15) is 0 Å². The van der Waals surface area contributed by atoms with Crippen LogP contribution in [-0.2, 0) is 6.61 Å². The molecule has 6 heteroatoms. The molecule has 0 atom stereocenters. The van der Waals surface area contributed by atoms with Crippen molar-refractivity contribution >= 4 is 22.2 Å². The molecule has 2 rings (SSSR count). The van der Waals surface area contributed by atoms with E-state index in [0.29, 0.717) is 12.0 Å². The van der Waals surface area contributed by atoms with E-state index >= 15 is 0 Å². The number of benzene rings is 1. The Hall–Kier alpha value is -1.69. The number of aldehydes is 1. The highest BCUT2D eigenvalue weighted by atomic mass is 79.9. The Labute approximate surface area is 109 Å². The lowest BCUT2D eigenvalue weighted by Gasteiger charge is -2.07. The number of furan rings is 1. The van der Waals surface area contributed by atoms with E-state index in [1.807, 2.05) is 0 Å². The minimum Gasteiger partial charge on any atom is -0.481 e. The third-order valence-corrected chi connectivity index (χ3v) is 2.71. The van der Waals surface area contributed by atoms with Gasteiger partial charge in [-0.15, -0.1) is 0 Å². The van der Waals surface area contributed by atoms with Gasteiger partial charge < -0.3 is 9.15 Å². The van der Waals surface area contributed by atoms with Gasteiger partial charge in [0.05, 0.1) is 4.47 Å². The van der Waals surface area contributed by atoms with Gasteiger partial charge in [-0.1, -0.05) is 0 Å². The second-order valence-corrected chi connectivity index (χ2v) is 4.26. The van der Waals surface area contributed by atoms with Crippen LogP contribution in [0.4, 0.5) is 8.78 Å². The van der Waals surface area contributed by atoms with Crippen LogP contribution in [-0.4, -0.2) is 6.29 Å². The molecule has 1 heterocycles. The summed E-state index contributed by atoms with van der Waals surface area (Å²) in [6, 6.07) is 4.83. The highest BCUT2D eigenvalue weighted by Gasteiger charge is 2.12. The summed E-state index contributed by atoms with van der Waals surface area (Å²) in [4.78, 5) is 10.4. The molecule has 0 radical (unpaired) electrons. The van der Waals surface area contributed by atoms with Gasteiger partial charge >= 0.3 is 0 Å². The number of ether oxygens (including phenoxy) is 1. The maximum atomic E-state index is 13.4.